The highest BCUT2D eigenvalue weighted by molar-refractivity contribution is 6.25. The lowest BCUT2D eigenvalue weighted by Gasteiger charge is -2.36. The second kappa shape index (κ2) is 10.1. The first-order valence-corrected chi connectivity index (χ1v) is 12.2. The molecule has 0 aromatic heterocycles. The van der Waals surface area contributed by atoms with Gasteiger partial charge in [0.1, 0.15) is 0 Å². The molecule has 9 heteroatoms. The maximum atomic E-state index is 13.2. The number of methoxy groups -OCH3 is 3. The third-order valence-corrected chi connectivity index (χ3v) is 7.07. The van der Waals surface area contributed by atoms with Gasteiger partial charge in [0.2, 0.25) is 5.75 Å². The fourth-order valence-electron chi connectivity index (χ4n) is 5.09. The third-order valence-electron chi connectivity index (χ3n) is 7.07. The highest BCUT2D eigenvalue weighted by atomic mass is 16.5. The van der Waals surface area contributed by atoms with Gasteiger partial charge in [-0.15, -0.1) is 0 Å². The van der Waals surface area contributed by atoms with Gasteiger partial charge < -0.3 is 19.1 Å². The van der Waals surface area contributed by atoms with E-state index in [2.05, 4.69) is 4.90 Å². The number of rotatable bonds is 7. The molecule has 9 nitrogen and oxygen atoms in total. The van der Waals surface area contributed by atoms with Crippen molar-refractivity contribution in [1.29, 1.82) is 0 Å². The fourth-order valence-corrected chi connectivity index (χ4v) is 5.09. The van der Waals surface area contributed by atoms with Gasteiger partial charge in [-0.25, -0.2) is 0 Å². The number of imide groups is 1. The summed E-state index contributed by atoms with van der Waals surface area (Å²) in [6.45, 7) is 3.17. The SMILES string of the molecule is COc1cc(C(=O)N2CCN(CCN3C(=O)c4cccc5cccc(c45)C3=O)CC2)cc(OC)c1OC. The van der Waals surface area contributed by atoms with Crippen LogP contribution in [-0.2, 0) is 0 Å². The normalized spacial score (nSPS) is 15.8. The molecule has 2 aliphatic heterocycles. The molecule has 3 aromatic carbocycles. The van der Waals surface area contributed by atoms with Crippen LogP contribution in [0.15, 0.2) is 48.5 Å². The molecular weight excluding hydrogens is 474 g/mol. The molecule has 0 unspecified atom stereocenters. The predicted octanol–water partition coefficient (Wildman–Crippen LogP) is 2.92. The Morgan fingerprint density at radius 1 is 0.784 bits per heavy atom. The number of carbonyl (C=O) groups excluding carboxylic acids is 3. The lowest BCUT2D eigenvalue weighted by molar-refractivity contribution is 0.0550. The number of hydrogen-bond donors (Lipinski definition) is 0. The molecule has 1 fully saturated rings. The van der Waals surface area contributed by atoms with E-state index in [9.17, 15) is 14.4 Å². The zero-order valence-electron chi connectivity index (χ0n) is 21.2. The van der Waals surface area contributed by atoms with E-state index in [0.29, 0.717) is 73.2 Å². The van der Waals surface area contributed by atoms with Crippen molar-refractivity contribution in [2.24, 2.45) is 0 Å². The van der Waals surface area contributed by atoms with Crippen LogP contribution >= 0.6 is 0 Å². The molecule has 0 spiro atoms. The molecule has 0 N–H and O–H groups in total. The van der Waals surface area contributed by atoms with Crippen molar-refractivity contribution in [3.8, 4) is 17.2 Å². The number of nitrogens with zero attached hydrogens (tertiary/aromatic N) is 3. The summed E-state index contributed by atoms with van der Waals surface area (Å²) in [6, 6.07) is 14.4. The van der Waals surface area contributed by atoms with Crippen molar-refractivity contribution in [1.82, 2.24) is 14.7 Å². The summed E-state index contributed by atoms with van der Waals surface area (Å²) in [5.74, 6) is 0.655. The van der Waals surface area contributed by atoms with Gasteiger partial charge in [0, 0.05) is 61.3 Å². The van der Waals surface area contributed by atoms with Crippen LogP contribution in [-0.4, -0.2) is 93.0 Å². The number of carbonyl (C=O) groups is 3. The quantitative estimate of drug-likeness (QED) is 0.458. The largest absolute Gasteiger partial charge is 0.493 e. The van der Waals surface area contributed by atoms with E-state index < -0.39 is 0 Å². The molecule has 192 valence electrons. The summed E-state index contributed by atoms with van der Waals surface area (Å²) in [4.78, 5) is 44.8. The van der Waals surface area contributed by atoms with Gasteiger partial charge in [-0.2, -0.15) is 0 Å². The van der Waals surface area contributed by atoms with Gasteiger partial charge in [0.25, 0.3) is 17.7 Å². The Kier molecular flexibility index (Phi) is 6.71. The van der Waals surface area contributed by atoms with Gasteiger partial charge in [-0.3, -0.25) is 24.2 Å². The van der Waals surface area contributed by atoms with Gasteiger partial charge in [0.05, 0.1) is 21.3 Å². The van der Waals surface area contributed by atoms with Crippen molar-refractivity contribution in [3.05, 3.63) is 65.2 Å². The lowest BCUT2D eigenvalue weighted by atomic mass is 9.94. The number of piperazine rings is 1. The van der Waals surface area contributed by atoms with E-state index in [4.69, 9.17) is 14.2 Å². The minimum atomic E-state index is -0.259. The Labute approximate surface area is 215 Å². The van der Waals surface area contributed by atoms with Crippen LogP contribution in [0.2, 0.25) is 0 Å². The van der Waals surface area contributed by atoms with Crippen LogP contribution in [0.4, 0.5) is 0 Å². The Hall–Kier alpha value is -4.11. The monoisotopic (exact) mass is 503 g/mol. The molecule has 0 bridgehead atoms. The minimum absolute atomic E-state index is 0.120. The van der Waals surface area contributed by atoms with E-state index in [1.165, 1.54) is 26.2 Å². The highest BCUT2D eigenvalue weighted by Crippen LogP contribution is 2.38. The van der Waals surface area contributed by atoms with E-state index in [1.807, 2.05) is 24.3 Å². The number of hydrogen-bond acceptors (Lipinski definition) is 7. The number of ether oxygens (including phenoxy) is 3. The Bertz CT molecular complexity index is 1300. The maximum Gasteiger partial charge on any atom is 0.261 e. The molecule has 5 rings (SSSR count). The standard InChI is InChI=1S/C28H29N3O6/c1-35-22-16-19(17-23(36-2)25(22)37-3)26(32)30-13-10-29(11-14-30)12-15-31-27(33)20-8-4-6-18-7-5-9-21(24(18)20)28(31)34/h4-9,16-17H,10-15H2,1-3H3. The van der Waals surface area contributed by atoms with Gasteiger partial charge in [0.15, 0.2) is 11.5 Å². The smallest absolute Gasteiger partial charge is 0.261 e. The maximum absolute atomic E-state index is 13.2. The van der Waals surface area contributed by atoms with Crippen LogP contribution in [0.25, 0.3) is 10.8 Å². The van der Waals surface area contributed by atoms with Crippen molar-refractivity contribution < 1.29 is 28.6 Å². The zero-order chi connectivity index (χ0) is 26.1. The molecular formula is C28H29N3O6. The topological polar surface area (TPSA) is 88.6 Å². The first-order chi connectivity index (χ1) is 18.0. The number of amides is 3. The average Bonchev–Trinajstić information content (AvgIpc) is 2.94. The fraction of sp³-hybridized carbons (Fsp3) is 0.321. The van der Waals surface area contributed by atoms with Gasteiger partial charge >= 0.3 is 0 Å². The summed E-state index contributed by atoms with van der Waals surface area (Å²) < 4.78 is 16.1. The number of benzene rings is 3. The average molecular weight is 504 g/mol. The van der Waals surface area contributed by atoms with E-state index in [-0.39, 0.29) is 17.7 Å². The van der Waals surface area contributed by atoms with Crippen LogP contribution in [0.5, 0.6) is 17.2 Å². The molecule has 2 aliphatic rings. The predicted molar refractivity (Wildman–Crippen MR) is 138 cm³/mol. The molecule has 0 aliphatic carbocycles. The first kappa shape index (κ1) is 24.6. The van der Waals surface area contributed by atoms with Gasteiger partial charge in [-0.1, -0.05) is 24.3 Å². The first-order valence-electron chi connectivity index (χ1n) is 12.2. The van der Waals surface area contributed by atoms with Crippen LogP contribution < -0.4 is 14.2 Å². The molecule has 37 heavy (non-hydrogen) atoms. The van der Waals surface area contributed by atoms with Crippen molar-refractivity contribution in [2.45, 2.75) is 0 Å². The molecule has 0 radical (unpaired) electrons. The van der Waals surface area contributed by atoms with Crippen molar-refractivity contribution in [2.75, 3.05) is 60.6 Å². The summed E-state index contributed by atoms with van der Waals surface area (Å²) in [5, 5.41) is 1.62. The van der Waals surface area contributed by atoms with E-state index >= 15 is 0 Å². The van der Waals surface area contributed by atoms with E-state index in [0.717, 1.165) is 10.8 Å². The Morgan fingerprint density at radius 3 is 1.86 bits per heavy atom. The molecule has 3 aromatic rings. The minimum Gasteiger partial charge on any atom is -0.493 e. The van der Waals surface area contributed by atoms with Crippen LogP contribution in [0.1, 0.15) is 31.1 Å². The molecule has 2 heterocycles. The summed E-state index contributed by atoms with van der Waals surface area (Å²) >= 11 is 0. The molecule has 0 saturated carbocycles. The zero-order valence-corrected chi connectivity index (χ0v) is 21.2. The molecule has 0 atom stereocenters. The molecule has 1 saturated heterocycles. The summed E-state index contributed by atoms with van der Waals surface area (Å²) in [5.41, 5.74) is 1.59. The highest BCUT2D eigenvalue weighted by Gasteiger charge is 2.33. The lowest BCUT2D eigenvalue weighted by Crippen LogP contribution is -2.51. The summed E-state index contributed by atoms with van der Waals surface area (Å²) in [6.07, 6.45) is 0. The van der Waals surface area contributed by atoms with Crippen LogP contribution in [0, 0.1) is 0 Å². The van der Waals surface area contributed by atoms with Crippen LogP contribution in [0.3, 0.4) is 0 Å². The second-order valence-corrected chi connectivity index (χ2v) is 9.02. The van der Waals surface area contributed by atoms with E-state index in [1.54, 1.807) is 29.2 Å². The van der Waals surface area contributed by atoms with Crippen molar-refractivity contribution >= 4 is 28.5 Å². The van der Waals surface area contributed by atoms with Crippen molar-refractivity contribution in [3.63, 3.8) is 0 Å². The third kappa shape index (κ3) is 4.35. The Morgan fingerprint density at radius 2 is 1.35 bits per heavy atom. The Balaban J connectivity index is 1.22. The summed E-state index contributed by atoms with van der Waals surface area (Å²) in [7, 11) is 4.55. The molecule has 3 amide bonds. The second-order valence-electron chi connectivity index (χ2n) is 9.02. The van der Waals surface area contributed by atoms with Gasteiger partial charge in [-0.05, 0) is 29.7 Å².